The van der Waals surface area contributed by atoms with Gasteiger partial charge in [0.25, 0.3) is 5.91 Å². The molecule has 0 aliphatic carbocycles. The Morgan fingerprint density at radius 3 is 2.96 bits per heavy atom. The first-order valence-electron chi connectivity index (χ1n) is 8.43. The highest BCUT2D eigenvalue weighted by atomic mass is 16.1. The van der Waals surface area contributed by atoms with Crippen LogP contribution in [0.2, 0.25) is 0 Å². The van der Waals surface area contributed by atoms with Crippen LogP contribution in [0.3, 0.4) is 0 Å². The number of anilines is 1. The molecule has 1 saturated heterocycles. The molecular formula is C17H24N6O. The molecule has 1 amide bonds. The summed E-state index contributed by atoms with van der Waals surface area (Å²) < 4.78 is 1.90. The third kappa shape index (κ3) is 3.39. The molecule has 1 aliphatic rings. The number of nitrogens with one attached hydrogen (secondary N) is 1. The lowest BCUT2D eigenvalue weighted by Gasteiger charge is -2.33. The maximum absolute atomic E-state index is 11.7. The highest BCUT2D eigenvalue weighted by Crippen LogP contribution is 2.25. The van der Waals surface area contributed by atoms with Crippen LogP contribution >= 0.6 is 0 Å². The number of aromatic nitrogens is 4. The molecule has 24 heavy (non-hydrogen) atoms. The maximum Gasteiger partial charge on any atom is 0.271 e. The fraction of sp³-hybridized carbons (Fsp3) is 0.529. The number of amides is 1. The first kappa shape index (κ1) is 16.4. The Balaban J connectivity index is 1.76. The second-order valence-electron chi connectivity index (χ2n) is 6.43. The second-order valence-corrected chi connectivity index (χ2v) is 6.43. The van der Waals surface area contributed by atoms with Gasteiger partial charge in [-0.3, -0.25) is 9.48 Å². The molecule has 0 radical (unpaired) electrons. The van der Waals surface area contributed by atoms with Crippen molar-refractivity contribution in [2.75, 3.05) is 25.0 Å². The second kappa shape index (κ2) is 6.98. The molecule has 2 aromatic rings. The predicted molar refractivity (Wildman–Crippen MR) is 92.2 cm³/mol. The van der Waals surface area contributed by atoms with Crippen LogP contribution in [-0.4, -0.2) is 45.8 Å². The van der Waals surface area contributed by atoms with Crippen LogP contribution in [0, 0.1) is 0 Å². The van der Waals surface area contributed by atoms with Crippen molar-refractivity contribution < 1.29 is 4.79 Å². The molecule has 7 nitrogen and oxygen atoms in total. The molecule has 0 bridgehead atoms. The van der Waals surface area contributed by atoms with Crippen molar-refractivity contribution in [2.45, 2.75) is 38.6 Å². The summed E-state index contributed by atoms with van der Waals surface area (Å²) in [5.74, 6) is 2.00. The molecule has 1 aliphatic heterocycles. The van der Waals surface area contributed by atoms with E-state index >= 15 is 0 Å². The number of hydrogen-bond donors (Lipinski definition) is 1. The molecule has 0 aromatic carbocycles. The van der Waals surface area contributed by atoms with Gasteiger partial charge in [-0.05, 0) is 25.0 Å². The Bertz CT molecular complexity index is 711. The standard InChI is InChI=1S/C17H24N6O/c1-12(2)16-19-8-6-15(20-16)22-9-4-5-13(11-22)23-10-7-14(21-23)17(24)18-3/h6-8,10,12-13H,4-5,9,11H2,1-3H3,(H,18,24). The first-order chi connectivity index (χ1) is 11.6. The summed E-state index contributed by atoms with van der Waals surface area (Å²) in [6, 6.07) is 3.97. The van der Waals surface area contributed by atoms with Gasteiger partial charge in [0, 0.05) is 38.4 Å². The fourth-order valence-electron chi connectivity index (χ4n) is 2.99. The van der Waals surface area contributed by atoms with Gasteiger partial charge in [-0.25, -0.2) is 9.97 Å². The molecular weight excluding hydrogens is 304 g/mol. The third-order valence-electron chi connectivity index (χ3n) is 4.34. The van der Waals surface area contributed by atoms with E-state index in [0.717, 1.165) is 37.6 Å². The molecule has 1 N–H and O–H groups in total. The Hall–Kier alpha value is -2.44. The van der Waals surface area contributed by atoms with Gasteiger partial charge in [0.2, 0.25) is 0 Å². The smallest absolute Gasteiger partial charge is 0.271 e. The van der Waals surface area contributed by atoms with Crippen LogP contribution in [0.15, 0.2) is 24.5 Å². The van der Waals surface area contributed by atoms with E-state index in [9.17, 15) is 4.79 Å². The van der Waals surface area contributed by atoms with E-state index < -0.39 is 0 Å². The van der Waals surface area contributed by atoms with Crippen LogP contribution in [0.4, 0.5) is 5.82 Å². The number of nitrogens with zero attached hydrogens (tertiary/aromatic N) is 5. The summed E-state index contributed by atoms with van der Waals surface area (Å²) in [5.41, 5.74) is 0.457. The summed E-state index contributed by atoms with van der Waals surface area (Å²) in [6.07, 6.45) is 5.84. The molecule has 3 rings (SSSR count). The van der Waals surface area contributed by atoms with Gasteiger partial charge in [0.15, 0.2) is 0 Å². The quantitative estimate of drug-likeness (QED) is 0.929. The van der Waals surface area contributed by atoms with E-state index in [-0.39, 0.29) is 11.9 Å². The lowest BCUT2D eigenvalue weighted by molar-refractivity contribution is 0.0957. The summed E-state index contributed by atoms with van der Waals surface area (Å²) in [6.45, 7) is 6.02. The Kier molecular flexibility index (Phi) is 4.78. The van der Waals surface area contributed by atoms with Gasteiger partial charge >= 0.3 is 0 Å². The predicted octanol–water partition coefficient (Wildman–Crippen LogP) is 2.00. The lowest BCUT2D eigenvalue weighted by Crippen LogP contribution is -2.37. The average molecular weight is 328 g/mol. The molecule has 0 spiro atoms. The number of hydrogen-bond acceptors (Lipinski definition) is 5. The maximum atomic E-state index is 11.7. The molecule has 1 unspecified atom stereocenters. The van der Waals surface area contributed by atoms with Crippen molar-refractivity contribution in [3.63, 3.8) is 0 Å². The zero-order valence-electron chi connectivity index (χ0n) is 14.4. The number of carbonyl (C=O) groups excluding carboxylic acids is 1. The Labute approximate surface area is 142 Å². The van der Waals surface area contributed by atoms with E-state index in [4.69, 9.17) is 4.98 Å². The first-order valence-corrected chi connectivity index (χ1v) is 8.43. The van der Waals surface area contributed by atoms with E-state index in [1.54, 1.807) is 13.1 Å². The Morgan fingerprint density at radius 2 is 2.21 bits per heavy atom. The number of rotatable bonds is 4. The lowest BCUT2D eigenvalue weighted by atomic mass is 10.1. The van der Waals surface area contributed by atoms with Crippen molar-refractivity contribution in [1.82, 2.24) is 25.1 Å². The van der Waals surface area contributed by atoms with Crippen LogP contribution in [0.1, 0.15) is 55.0 Å². The Morgan fingerprint density at radius 1 is 1.38 bits per heavy atom. The van der Waals surface area contributed by atoms with Crippen LogP contribution in [0.5, 0.6) is 0 Å². The SMILES string of the molecule is CNC(=O)c1ccn(C2CCCN(c3ccnc(C(C)C)n3)C2)n1. The molecule has 2 aromatic heterocycles. The zero-order valence-corrected chi connectivity index (χ0v) is 14.4. The van der Waals surface area contributed by atoms with E-state index in [1.807, 2.05) is 23.1 Å². The van der Waals surface area contributed by atoms with Crippen molar-refractivity contribution >= 4 is 11.7 Å². The summed E-state index contributed by atoms with van der Waals surface area (Å²) in [7, 11) is 1.62. The highest BCUT2D eigenvalue weighted by molar-refractivity contribution is 5.91. The molecule has 128 valence electrons. The highest BCUT2D eigenvalue weighted by Gasteiger charge is 2.24. The summed E-state index contributed by atoms with van der Waals surface area (Å²) in [5, 5.41) is 7.03. The van der Waals surface area contributed by atoms with E-state index in [1.165, 1.54) is 0 Å². The molecule has 7 heteroatoms. The van der Waals surface area contributed by atoms with Gasteiger partial charge in [-0.2, -0.15) is 5.10 Å². The van der Waals surface area contributed by atoms with Crippen molar-refractivity contribution in [3.05, 3.63) is 36.0 Å². The van der Waals surface area contributed by atoms with Crippen LogP contribution in [0.25, 0.3) is 0 Å². The molecule has 1 atom stereocenters. The minimum absolute atomic E-state index is 0.154. The minimum atomic E-state index is -0.154. The molecule has 0 saturated carbocycles. The van der Waals surface area contributed by atoms with Crippen molar-refractivity contribution in [3.8, 4) is 0 Å². The third-order valence-corrected chi connectivity index (χ3v) is 4.34. The van der Waals surface area contributed by atoms with Gasteiger partial charge in [0.05, 0.1) is 6.04 Å². The monoisotopic (exact) mass is 328 g/mol. The average Bonchev–Trinajstić information content (AvgIpc) is 3.11. The van der Waals surface area contributed by atoms with Gasteiger partial charge in [-0.15, -0.1) is 0 Å². The fourth-order valence-corrected chi connectivity index (χ4v) is 2.99. The van der Waals surface area contributed by atoms with Crippen LogP contribution in [-0.2, 0) is 0 Å². The topological polar surface area (TPSA) is 75.9 Å². The van der Waals surface area contributed by atoms with Gasteiger partial charge in [0.1, 0.15) is 17.3 Å². The largest absolute Gasteiger partial charge is 0.354 e. The zero-order chi connectivity index (χ0) is 17.1. The minimum Gasteiger partial charge on any atom is -0.354 e. The number of piperidine rings is 1. The normalized spacial score (nSPS) is 18.0. The number of carbonyl (C=O) groups is 1. The van der Waals surface area contributed by atoms with Crippen molar-refractivity contribution in [2.24, 2.45) is 0 Å². The molecule has 1 fully saturated rings. The van der Waals surface area contributed by atoms with E-state index in [2.05, 4.69) is 34.1 Å². The van der Waals surface area contributed by atoms with Gasteiger partial charge in [-0.1, -0.05) is 13.8 Å². The summed E-state index contributed by atoms with van der Waals surface area (Å²) >= 11 is 0. The molecule has 3 heterocycles. The van der Waals surface area contributed by atoms with E-state index in [0.29, 0.717) is 11.6 Å². The van der Waals surface area contributed by atoms with Gasteiger partial charge < -0.3 is 10.2 Å². The van der Waals surface area contributed by atoms with Crippen molar-refractivity contribution in [1.29, 1.82) is 0 Å². The summed E-state index contributed by atoms with van der Waals surface area (Å²) in [4.78, 5) is 23.0. The van der Waals surface area contributed by atoms with Crippen LogP contribution < -0.4 is 10.2 Å².